The van der Waals surface area contributed by atoms with Gasteiger partial charge in [-0.3, -0.25) is 4.99 Å². The molecular formula is C21H30N4O3S. The van der Waals surface area contributed by atoms with Crippen molar-refractivity contribution in [2.24, 2.45) is 4.99 Å². The highest BCUT2D eigenvalue weighted by Crippen LogP contribution is 2.33. The Balaban J connectivity index is 1.57. The van der Waals surface area contributed by atoms with Crippen LogP contribution in [0, 0.1) is 0 Å². The van der Waals surface area contributed by atoms with E-state index >= 15 is 0 Å². The molecule has 0 amide bonds. The van der Waals surface area contributed by atoms with E-state index in [1.165, 1.54) is 5.00 Å². The predicted octanol–water partition coefficient (Wildman–Crippen LogP) is 3.11. The maximum absolute atomic E-state index is 5.53. The Bertz CT molecular complexity index is 777. The average molecular weight is 419 g/mol. The van der Waals surface area contributed by atoms with E-state index in [0.29, 0.717) is 29.8 Å². The van der Waals surface area contributed by atoms with Crippen LogP contribution in [0.2, 0.25) is 0 Å². The number of anilines is 1. The van der Waals surface area contributed by atoms with Crippen molar-refractivity contribution in [3.63, 3.8) is 0 Å². The average Bonchev–Trinajstić information content (AvgIpc) is 3.31. The van der Waals surface area contributed by atoms with Crippen LogP contribution < -0.4 is 29.7 Å². The molecule has 158 valence electrons. The molecule has 2 aromatic rings. The lowest BCUT2D eigenvalue weighted by atomic mass is 10.1. The van der Waals surface area contributed by atoms with Gasteiger partial charge in [-0.2, -0.15) is 0 Å². The van der Waals surface area contributed by atoms with Crippen molar-refractivity contribution in [2.45, 2.75) is 25.4 Å². The summed E-state index contributed by atoms with van der Waals surface area (Å²) in [6, 6.07) is 8.41. The number of piperidine rings is 1. The minimum Gasteiger partial charge on any atom is -0.496 e. The third-order valence-corrected chi connectivity index (χ3v) is 6.06. The number of hydrogen-bond donors (Lipinski definition) is 2. The number of aliphatic imine (C=N–C) groups is 1. The highest BCUT2D eigenvalue weighted by Gasteiger charge is 2.21. The molecule has 0 unspecified atom stereocenters. The van der Waals surface area contributed by atoms with E-state index in [4.69, 9.17) is 14.2 Å². The number of ether oxygens (including phenoxy) is 3. The quantitative estimate of drug-likeness (QED) is 0.532. The van der Waals surface area contributed by atoms with Crippen molar-refractivity contribution in [1.29, 1.82) is 0 Å². The molecule has 1 aromatic carbocycles. The van der Waals surface area contributed by atoms with Crippen LogP contribution in [0.25, 0.3) is 0 Å². The van der Waals surface area contributed by atoms with Gasteiger partial charge in [0, 0.05) is 38.3 Å². The number of benzene rings is 1. The number of guanidine groups is 1. The Kier molecular flexibility index (Phi) is 7.46. The number of nitrogens with zero attached hydrogens (tertiary/aromatic N) is 2. The number of methoxy groups -OCH3 is 3. The molecule has 1 fully saturated rings. The van der Waals surface area contributed by atoms with Crippen molar-refractivity contribution in [3.05, 3.63) is 35.2 Å². The monoisotopic (exact) mass is 418 g/mol. The molecule has 1 aliphatic rings. The molecular weight excluding hydrogens is 388 g/mol. The van der Waals surface area contributed by atoms with Gasteiger partial charge in [0.1, 0.15) is 17.2 Å². The molecule has 2 N–H and O–H groups in total. The summed E-state index contributed by atoms with van der Waals surface area (Å²) in [4.78, 5) is 6.84. The second-order valence-electron chi connectivity index (χ2n) is 6.79. The maximum atomic E-state index is 5.53. The zero-order chi connectivity index (χ0) is 20.6. The lowest BCUT2D eigenvalue weighted by Gasteiger charge is -2.33. The SMILES string of the molecule is CN=C(NCc1c(OC)cc(OC)cc1OC)NC1CCN(c2cccs2)CC1. The highest BCUT2D eigenvalue weighted by atomic mass is 32.1. The molecule has 29 heavy (non-hydrogen) atoms. The number of thiophene rings is 1. The van der Waals surface area contributed by atoms with Gasteiger partial charge < -0.3 is 29.7 Å². The third-order valence-electron chi connectivity index (χ3n) is 5.13. The molecule has 0 bridgehead atoms. The standard InChI is InChI=1S/C21H30N4O3S/c1-22-21(24-15-7-9-25(10-8-15)20-6-5-11-29-20)23-14-17-18(27-3)12-16(26-2)13-19(17)28-4/h5-6,11-13,15H,7-10,14H2,1-4H3,(H2,22,23,24). The number of hydrogen-bond acceptors (Lipinski definition) is 6. The Labute approximate surface area is 176 Å². The fraction of sp³-hybridized carbons (Fsp3) is 0.476. The molecule has 8 heteroatoms. The fourth-order valence-corrected chi connectivity index (χ4v) is 4.29. The first-order valence-electron chi connectivity index (χ1n) is 9.73. The molecule has 0 atom stereocenters. The number of rotatable bonds is 7. The van der Waals surface area contributed by atoms with E-state index in [2.05, 4.69) is 38.0 Å². The van der Waals surface area contributed by atoms with Crippen LogP contribution in [0.4, 0.5) is 5.00 Å². The van der Waals surface area contributed by atoms with Crippen molar-refractivity contribution >= 4 is 22.3 Å². The highest BCUT2D eigenvalue weighted by molar-refractivity contribution is 7.14. The summed E-state index contributed by atoms with van der Waals surface area (Å²) in [6.45, 7) is 2.63. The molecule has 2 heterocycles. The van der Waals surface area contributed by atoms with E-state index in [0.717, 1.165) is 37.5 Å². The van der Waals surface area contributed by atoms with E-state index < -0.39 is 0 Å². The van der Waals surface area contributed by atoms with Gasteiger partial charge in [-0.05, 0) is 30.4 Å². The lowest BCUT2D eigenvalue weighted by Crippen LogP contribution is -2.48. The number of nitrogens with one attached hydrogen (secondary N) is 2. The first-order chi connectivity index (χ1) is 14.2. The van der Waals surface area contributed by atoms with Crippen molar-refractivity contribution < 1.29 is 14.2 Å². The van der Waals surface area contributed by atoms with Gasteiger partial charge in [0.05, 0.1) is 38.4 Å². The van der Waals surface area contributed by atoms with E-state index in [-0.39, 0.29) is 0 Å². The van der Waals surface area contributed by atoms with Crippen LogP contribution >= 0.6 is 11.3 Å². The molecule has 0 radical (unpaired) electrons. The Hall–Kier alpha value is -2.61. The van der Waals surface area contributed by atoms with E-state index in [1.54, 1.807) is 39.7 Å². The van der Waals surface area contributed by atoms with Crippen molar-refractivity contribution in [2.75, 3.05) is 46.4 Å². The van der Waals surface area contributed by atoms with Crippen LogP contribution in [0.1, 0.15) is 18.4 Å². The van der Waals surface area contributed by atoms with Crippen LogP contribution in [-0.4, -0.2) is 53.5 Å². The van der Waals surface area contributed by atoms with Crippen LogP contribution in [-0.2, 0) is 6.54 Å². The van der Waals surface area contributed by atoms with Gasteiger partial charge in [0.25, 0.3) is 0 Å². The summed E-state index contributed by atoms with van der Waals surface area (Å²) >= 11 is 1.80. The van der Waals surface area contributed by atoms with Crippen LogP contribution in [0.15, 0.2) is 34.6 Å². The molecule has 0 spiro atoms. The van der Waals surface area contributed by atoms with Gasteiger partial charge in [0.15, 0.2) is 5.96 Å². The Morgan fingerprint density at radius 1 is 1.14 bits per heavy atom. The Morgan fingerprint density at radius 2 is 1.83 bits per heavy atom. The summed E-state index contributed by atoms with van der Waals surface area (Å²) in [5, 5.41) is 10.4. The molecule has 3 rings (SSSR count). The fourth-order valence-electron chi connectivity index (χ4n) is 3.51. The minimum atomic E-state index is 0.400. The molecule has 1 aromatic heterocycles. The van der Waals surface area contributed by atoms with Gasteiger partial charge in [-0.15, -0.1) is 11.3 Å². The zero-order valence-electron chi connectivity index (χ0n) is 17.5. The largest absolute Gasteiger partial charge is 0.496 e. The lowest BCUT2D eigenvalue weighted by molar-refractivity contribution is 0.368. The van der Waals surface area contributed by atoms with Crippen molar-refractivity contribution in [3.8, 4) is 17.2 Å². The minimum absolute atomic E-state index is 0.400. The van der Waals surface area contributed by atoms with Gasteiger partial charge in [-0.1, -0.05) is 0 Å². The smallest absolute Gasteiger partial charge is 0.191 e. The van der Waals surface area contributed by atoms with Gasteiger partial charge >= 0.3 is 0 Å². The first kappa shape index (κ1) is 21.1. The summed E-state index contributed by atoms with van der Waals surface area (Å²) in [5.41, 5.74) is 0.922. The van der Waals surface area contributed by atoms with Crippen LogP contribution in [0.5, 0.6) is 17.2 Å². The second kappa shape index (κ2) is 10.2. The molecule has 0 saturated carbocycles. The van der Waals surface area contributed by atoms with Crippen molar-refractivity contribution in [1.82, 2.24) is 10.6 Å². The van der Waals surface area contributed by atoms with Gasteiger partial charge in [-0.25, -0.2) is 0 Å². The van der Waals surface area contributed by atoms with E-state index in [1.807, 2.05) is 12.1 Å². The summed E-state index contributed by atoms with van der Waals surface area (Å²) < 4.78 is 16.4. The van der Waals surface area contributed by atoms with Crippen LogP contribution in [0.3, 0.4) is 0 Å². The molecule has 7 nitrogen and oxygen atoms in total. The molecule has 1 aliphatic heterocycles. The Morgan fingerprint density at radius 3 is 2.34 bits per heavy atom. The normalized spacial score (nSPS) is 15.2. The van der Waals surface area contributed by atoms with Gasteiger partial charge in [0.2, 0.25) is 0 Å². The first-order valence-corrected chi connectivity index (χ1v) is 10.6. The second-order valence-corrected chi connectivity index (χ2v) is 7.72. The summed E-state index contributed by atoms with van der Waals surface area (Å²) in [6.07, 6.45) is 2.15. The third kappa shape index (κ3) is 5.26. The summed E-state index contributed by atoms with van der Waals surface area (Å²) in [5.74, 6) is 2.91. The maximum Gasteiger partial charge on any atom is 0.191 e. The predicted molar refractivity (Wildman–Crippen MR) is 119 cm³/mol. The zero-order valence-corrected chi connectivity index (χ0v) is 18.3. The molecule has 1 saturated heterocycles. The topological polar surface area (TPSA) is 67.4 Å². The summed E-state index contributed by atoms with van der Waals surface area (Å²) in [7, 11) is 6.71. The van der Waals surface area contributed by atoms with E-state index in [9.17, 15) is 0 Å². The molecule has 0 aliphatic carbocycles.